The van der Waals surface area contributed by atoms with Crippen molar-refractivity contribution in [2.45, 2.75) is 30.3 Å². The molecule has 0 amide bonds. The molecule has 1 aromatic carbocycles. The van der Waals surface area contributed by atoms with Gasteiger partial charge in [-0.3, -0.25) is 0 Å². The van der Waals surface area contributed by atoms with Crippen LogP contribution >= 0.6 is 12.4 Å². The van der Waals surface area contributed by atoms with Gasteiger partial charge in [-0.1, -0.05) is 12.1 Å². The van der Waals surface area contributed by atoms with Crippen LogP contribution in [0.3, 0.4) is 0 Å². The topological polar surface area (TPSA) is 52.7 Å². The van der Waals surface area contributed by atoms with Crippen LogP contribution in [0.5, 0.6) is 0 Å². The lowest BCUT2D eigenvalue weighted by molar-refractivity contribution is 0.293. The van der Waals surface area contributed by atoms with E-state index in [4.69, 9.17) is 0 Å². The Morgan fingerprint density at radius 2 is 1.91 bits per heavy atom. The third-order valence-corrected chi connectivity index (χ3v) is 5.73. The van der Waals surface area contributed by atoms with E-state index in [0.717, 1.165) is 24.9 Å². The molecule has 1 N–H and O–H groups in total. The summed E-state index contributed by atoms with van der Waals surface area (Å²) in [6.45, 7) is 1.98. The lowest BCUT2D eigenvalue weighted by Crippen LogP contribution is -2.46. The molecule has 1 heterocycles. The van der Waals surface area contributed by atoms with E-state index in [1.807, 2.05) is 33.3 Å². The van der Waals surface area contributed by atoms with E-state index in [9.17, 15) is 8.42 Å². The van der Waals surface area contributed by atoms with Crippen molar-refractivity contribution < 1.29 is 8.42 Å². The number of hydrogen-bond donors (Lipinski definition) is 1. The highest BCUT2D eigenvalue weighted by atomic mass is 35.5. The molecule has 126 valence electrons. The van der Waals surface area contributed by atoms with E-state index >= 15 is 0 Å². The Bertz CT molecular complexity index is 561. The maximum Gasteiger partial charge on any atom is 0.243 e. The molecule has 0 aliphatic carbocycles. The zero-order valence-corrected chi connectivity index (χ0v) is 15.1. The number of halogens is 1. The predicted octanol–water partition coefficient (Wildman–Crippen LogP) is 1.54. The Kier molecular flexibility index (Phi) is 7.28. The Morgan fingerprint density at radius 3 is 2.45 bits per heavy atom. The van der Waals surface area contributed by atoms with Crippen molar-refractivity contribution in [2.24, 2.45) is 0 Å². The number of rotatable bonds is 5. The Balaban J connectivity index is 0.00000242. The van der Waals surface area contributed by atoms with Gasteiger partial charge in [-0.15, -0.1) is 12.4 Å². The number of nitrogens with zero attached hydrogens (tertiary/aromatic N) is 2. The van der Waals surface area contributed by atoms with E-state index in [-0.39, 0.29) is 18.4 Å². The molecular weight excluding hydrogens is 322 g/mol. The van der Waals surface area contributed by atoms with Crippen LogP contribution in [0, 0.1) is 0 Å². The summed E-state index contributed by atoms with van der Waals surface area (Å²) in [4.78, 5) is 2.45. The molecule has 1 atom stereocenters. The molecule has 0 aromatic heterocycles. The van der Waals surface area contributed by atoms with Crippen LogP contribution in [-0.2, 0) is 16.6 Å². The Hall–Kier alpha value is -0.660. The van der Waals surface area contributed by atoms with Crippen LogP contribution in [0.2, 0.25) is 0 Å². The van der Waals surface area contributed by atoms with Gasteiger partial charge in [-0.05, 0) is 51.7 Å². The minimum absolute atomic E-state index is 0. The summed E-state index contributed by atoms with van der Waals surface area (Å²) in [7, 11) is 2.51. The van der Waals surface area contributed by atoms with Gasteiger partial charge in [0.05, 0.1) is 4.90 Å². The smallest absolute Gasteiger partial charge is 0.243 e. The van der Waals surface area contributed by atoms with Crippen molar-refractivity contribution in [2.75, 3.05) is 34.2 Å². The van der Waals surface area contributed by atoms with Gasteiger partial charge in [0.25, 0.3) is 0 Å². The van der Waals surface area contributed by atoms with Crippen molar-refractivity contribution in [1.82, 2.24) is 14.5 Å². The molecule has 22 heavy (non-hydrogen) atoms. The van der Waals surface area contributed by atoms with Crippen LogP contribution in [0.15, 0.2) is 29.2 Å². The standard InChI is InChI=1S/C15H25N3O2S.ClH/c1-16-14-5-4-10-18(12-14)21(19,20)15-8-6-13(7-9-15)11-17(2)3;/h6-9,14,16H,4-5,10-12H2,1-3H3;1H. The molecule has 1 aliphatic heterocycles. The molecule has 7 heteroatoms. The SMILES string of the molecule is CNC1CCCN(S(=O)(=O)c2ccc(CN(C)C)cc2)C1.Cl. The molecule has 1 unspecified atom stereocenters. The molecule has 0 spiro atoms. The first kappa shape index (κ1) is 19.4. The van der Waals surface area contributed by atoms with Crippen LogP contribution in [-0.4, -0.2) is 57.9 Å². The number of benzene rings is 1. The minimum atomic E-state index is -3.37. The van der Waals surface area contributed by atoms with E-state index < -0.39 is 10.0 Å². The summed E-state index contributed by atoms with van der Waals surface area (Å²) in [5.74, 6) is 0. The van der Waals surface area contributed by atoms with Crippen molar-refractivity contribution in [3.63, 3.8) is 0 Å². The number of nitrogens with one attached hydrogen (secondary N) is 1. The molecule has 1 aliphatic rings. The molecule has 1 fully saturated rings. The number of likely N-dealkylation sites (N-methyl/N-ethyl adjacent to an activating group) is 1. The van der Waals surface area contributed by atoms with E-state index in [0.29, 0.717) is 18.0 Å². The first-order valence-corrected chi connectivity index (χ1v) is 8.78. The molecule has 1 aromatic rings. The van der Waals surface area contributed by atoms with Gasteiger partial charge in [0.2, 0.25) is 10.0 Å². The average molecular weight is 348 g/mol. The zero-order valence-electron chi connectivity index (χ0n) is 13.4. The zero-order chi connectivity index (χ0) is 15.5. The highest BCUT2D eigenvalue weighted by molar-refractivity contribution is 7.89. The van der Waals surface area contributed by atoms with Gasteiger partial charge in [-0.25, -0.2) is 8.42 Å². The minimum Gasteiger partial charge on any atom is -0.316 e. The average Bonchev–Trinajstić information content (AvgIpc) is 2.47. The number of sulfonamides is 1. The summed E-state index contributed by atoms with van der Waals surface area (Å²) in [5, 5.41) is 3.18. The number of hydrogen-bond acceptors (Lipinski definition) is 4. The second-order valence-electron chi connectivity index (χ2n) is 5.87. The molecule has 0 bridgehead atoms. The van der Waals surface area contributed by atoms with Gasteiger partial charge in [0, 0.05) is 25.7 Å². The van der Waals surface area contributed by atoms with Crippen LogP contribution in [0.25, 0.3) is 0 Å². The quantitative estimate of drug-likeness (QED) is 0.878. The first-order valence-electron chi connectivity index (χ1n) is 7.34. The second-order valence-corrected chi connectivity index (χ2v) is 7.81. The summed E-state index contributed by atoms with van der Waals surface area (Å²) in [6.07, 6.45) is 1.94. The Labute approximate surface area is 140 Å². The van der Waals surface area contributed by atoms with Gasteiger partial charge >= 0.3 is 0 Å². The highest BCUT2D eigenvalue weighted by Crippen LogP contribution is 2.21. The second kappa shape index (κ2) is 8.26. The lowest BCUT2D eigenvalue weighted by Gasteiger charge is -2.31. The Morgan fingerprint density at radius 1 is 1.27 bits per heavy atom. The first-order chi connectivity index (χ1) is 9.93. The summed E-state index contributed by atoms with van der Waals surface area (Å²) >= 11 is 0. The van der Waals surface area contributed by atoms with Gasteiger partial charge in [-0.2, -0.15) is 4.31 Å². The van der Waals surface area contributed by atoms with Gasteiger partial charge < -0.3 is 10.2 Å². The normalized spacial score (nSPS) is 19.9. The van der Waals surface area contributed by atoms with Crippen LogP contribution in [0.4, 0.5) is 0 Å². The van der Waals surface area contributed by atoms with Crippen LogP contribution in [0.1, 0.15) is 18.4 Å². The van der Waals surface area contributed by atoms with E-state index in [2.05, 4.69) is 10.2 Å². The summed E-state index contributed by atoms with van der Waals surface area (Å²) < 4.78 is 26.9. The van der Waals surface area contributed by atoms with Gasteiger partial charge in [0.1, 0.15) is 0 Å². The molecule has 1 saturated heterocycles. The van der Waals surface area contributed by atoms with Crippen molar-refractivity contribution in [3.8, 4) is 0 Å². The maximum atomic E-state index is 12.7. The fourth-order valence-corrected chi connectivity index (χ4v) is 4.20. The highest BCUT2D eigenvalue weighted by Gasteiger charge is 2.29. The predicted molar refractivity (Wildman–Crippen MR) is 91.9 cm³/mol. The van der Waals surface area contributed by atoms with Crippen molar-refractivity contribution in [3.05, 3.63) is 29.8 Å². The number of piperidine rings is 1. The molecule has 2 rings (SSSR count). The lowest BCUT2D eigenvalue weighted by atomic mass is 10.1. The fourth-order valence-electron chi connectivity index (χ4n) is 2.68. The monoisotopic (exact) mass is 347 g/mol. The third-order valence-electron chi connectivity index (χ3n) is 3.85. The largest absolute Gasteiger partial charge is 0.316 e. The fraction of sp³-hybridized carbons (Fsp3) is 0.600. The third kappa shape index (κ3) is 4.67. The molecule has 0 radical (unpaired) electrons. The van der Waals surface area contributed by atoms with Gasteiger partial charge in [0.15, 0.2) is 0 Å². The maximum absolute atomic E-state index is 12.7. The molecule has 0 saturated carbocycles. The van der Waals surface area contributed by atoms with E-state index in [1.54, 1.807) is 16.4 Å². The molecule has 5 nitrogen and oxygen atoms in total. The molecular formula is C15H26ClN3O2S. The summed E-state index contributed by atoms with van der Waals surface area (Å²) in [6, 6.07) is 7.48. The summed E-state index contributed by atoms with van der Waals surface area (Å²) in [5.41, 5.74) is 1.12. The van der Waals surface area contributed by atoms with E-state index in [1.165, 1.54) is 0 Å². The van der Waals surface area contributed by atoms with Crippen molar-refractivity contribution >= 4 is 22.4 Å². The van der Waals surface area contributed by atoms with Crippen molar-refractivity contribution in [1.29, 1.82) is 0 Å². The van der Waals surface area contributed by atoms with Crippen LogP contribution < -0.4 is 5.32 Å².